The molecule has 5 heteroatoms. The SMILES string of the molecule is Cc1nc(CN2CC[C@@H]3[C@H]2CCC(=O)N3c2ccccc2)cs1. The Labute approximate surface area is 140 Å². The molecule has 3 heterocycles. The standard InChI is InChI=1S/C18H21N3OS/c1-13-19-14(12-23-13)11-20-10-9-17-16(20)7-8-18(22)21(17)15-5-3-2-4-6-15/h2-6,12,16-17H,7-11H2,1H3/t16-,17-/m1/s1. The normalized spacial score (nSPS) is 24.9. The molecule has 0 radical (unpaired) electrons. The maximum Gasteiger partial charge on any atom is 0.227 e. The molecule has 4 rings (SSSR count). The second kappa shape index (κ2) is 6.06. The number of amides is 1. The number of likely N-dealkylation sites (tertiary alicyclic amines) is 1. The van der Waals surface area contributed by atoms with Gasteiger partial charge in [-0.1, -0.05) is 18.2 Å². The first-order valence-electron chi connectivity index (χ1n) is 8.24. The third-order valence-electron chi connectivity index (χ3n) is 4.95. The van der Waals surface area contributed by atoms with E-state index in [0.29, 0.717) is 18.5 Å². The lowest BCUT2D eigenvalue weighted by molar-refractivity contribution is -0.120. The van der Waals surface area contributed by atoms with Crippen LogP contribution in [0.25, 0.3) is 0 Å². The Morgan fingerprint density at radius 1 is 1.22 bits per heavy atom. The third kappa shape index (κ3) is 2.79. The van der Waals surface area contributed by atoms with Crippen molar-refractivity contribution in [2.75, 3.05) is 11.4 Å². The fourth-order valence-corrected chi connectivity index (χ4v) is 4.57. The quantitative estimate of drug-likeness (QED) is 0.868. The number of rotatable bonds is 3. The molecule has 120 valence electrons. The zero-order valence-electron chi connectivity index (χ0n) is 13.3. The highest BCUT2D eigenvalue weighted by atomic mass is 32.1. The first-order chi connectivity index (χ1) is 11.2. The van der Waals surface area contributed by atoms with Crippen LogP contribution in [0.2, 0.25) is 0 Å². The second-order valence-electron chi connectivity index (χ2n) is 6.39. The molecule has 0 N–H and O–H groups in total. The van der Waals surface area contributed by atoms with Gasteiger partial charge in [-0.3, -0.25) is 9.69 Å². The molecule has 2 fully saturated rings. The zero-order chi connectivity index (χ0) is 15.8. The van der Waals surface area contributed by atoms with Crippen LogP contribution >= 0.6 is 11.3 Å². The maximum absolute atomic E-state index is 12.5. The van der Waals surface area contributed by atoms with Crippen LogP contribution in [0, 0.1) is 6.92 Å². The maximum atomic E-state index is 12.5. The number of aromatic nitrogens is 1. The van der Waals surface area contributed by atoms with E-state index in [0.717, 1.165) is 42.3 Å². The Bertz CT molecular complexity index is 699. The molecule has 0 aliphatic carbocycles. The van der Waals surface area contributed by atoms with E-state index < -0.39 is 0 Å². The van der Waals surface area contributed by atoms with Crippen LogP contribution in [0.4, 0.5) is 5.69 Å². The average Bonchev–Trinajstić information content (AvgIpc) is 3.15. The summed E-state index contributed by atoms with van der Waals surface area (Å²) in [6, 6.07) is 10.9. The van der Waals surface area contributed by atoms with E-state index in [9.17, 15) is 4.79 Å². The minimum Gasteiger partial charge on any atom is -0.308 e. The zero-order valence-corrected chi connectivity index (χ0v) is 14.1. The summed E-state index contributed by atoms with van der Waals surface area (Å²) in [4.78, 5) is 21.7. The Hall–Kier alpha value is -1.72. The lowest BCUT2D eigenvalue weighted by Gasteiger charge is -2.39. The Morgan fingerprint density at radius 3 is 2.78 bits per heavy atom. The molecular formula is C18H21N3OS. The van der Waals surface area contributed by atoms with Gasteiger partial charge in [0.2, 0.25) is 5.91 Å². The smallest absolute Gasteiger partial charge is 0.227 e. The monoisotopic (exact) mass is 327 g/mol. The molecule has 2 aliphatic heterocycles. The number of fused-ring (bicyclic) bond motifs is 1. The first-order valence-corrected chi connectivity index (χ1v) is 9.12. The third-order valence-corrected chi connectivity index (χ3v) is 5.77. The minimum absolute atomic E-state index is 0.267. The van der Waals surface area contributed by atoms with Gasteiger partial charge in [0.15, 0.2) is 0 Å². The lowest BCUT2D eigenvalue weighted by atomic mass is 9.95. The van der Waals surface area contributed by atoms with Gasteiger partial charge in [0.1, 0.15) is 0 Å². The summed E-state index contributed by atoms with van der Waals surface area (Å²) < 4.78 is 0. The van der Waals surface area contributed by atoms with Crippen LogP contribution in [0.1, 0.15) is 30.0 Å². The molecule has 2 atom stereocenters. The van der Waals surface area contributed by atoms with Gasteiger partial charge in [-0.2, -0.15) is 0 Å². The number of carbonyl (C=O) groups is 1. The van der Waals surface area contributed by atoms with Crippen molar-refractivity contribution in [1.82, 2.24) is 9.88 Å². The van der Waals surface area contributed by atoms with Crippen molar-refractivity contribution in [3.8, 4) is 0 Å². The van der Waals surface area contributed by atoms with Gasteiger partial charge in [-0.05, 0) is 31.9 Å². The summed E-state index contributed by atoms with van der Waals surface area (Å²) in [5.74, 6) is 0.267. The molecule has 2 aromatic rings. The molecule has 1 aromatic heterocycles. The topological polar surface area (TPSA) is 36.4 Å². The number of carbonyl (C=O) groups excluding carboxylic acids is 1. The number of hydrogen-bond acceptors (Lipinski definition) is 4. The molecule has 23 heavy (non-hydrogen) atoms. The van der Waals surface area contributed by atoms with Crippen LogP contribution in [0.5, 0.6) is 0 Å². The first kappa shape index (κ1) is 14.8. The van der Waals surface area contributed by atoms with Crippen LogP contribution in [-0.4, -0.2) is 34.4 Å². The van der Waals surface area contributed by atoms with Crippen molar-refractivity contribution in [2.45, 2.75) is 44.8 Å². The van der Waals surface area contributed by atoms with Gasteiger partial charge in [0, 0.05) is 36.6 Å². The summed E-state index contributed by atoms with van der Waals surface area (Å²) in [7, 11) is 0. The fourth-order valence-electron chi connectivity index (χ4n) is 3.96. The molecule has 0 bridgehead atoms. The summed E-state index contributed by atoms with van der Waals surface area (Å²) in [6.07, 6.45) is 2.66. The van der Waals surface area contributed by atoms with Crippen LogP contribution in [0.3, 0.4) is 0 Å². The number of nitrogens with zero attached hydrogens (tertiary/aromatic N) is 3. The van der Waals surface area contributed by atoms with Crippen molar-refractivity contribution >= 4 is 22.9 Å². The highest BCUT2D eigenvalue weighted by Crippen LogP contribution is 2.35. The van der Waals surface area contributed by atoms with Crippen molar-refractivity contribution in [1.29, 1.82) is 0 Å². The highest BCUT2D eigenvalue weighted by Gasteiger charge is 2.43. The van der Waals surface area contributed by atoms with Crippen molar-refractivity contribution < 1.29 is 4.79 Å². The van der Waals surface area contributed by atoms with Gasteiger partial charge in [-0.25, -0.2) is 4.98 Å². The summed E-state index contributed by atoms with van der Waals surface area (Å²) in [5.41, 5.74) is 2.20. The number of piperidine rings is 1. The number of para-hydroxylation sites is 1. The number of aryl methyl sites for hydroxylation is 1. The molecule has 0 spiro atoms. The van der Waals surface area contributed by atoms with E-state index in [1.807, 2.05) is 35.2 Å². The summed E-state index contributed by atoms with van der Waals surface area (Å²) in [5, 5.41) is 3.28. The lowest BCUT2D eigenvalue weighted by Crippen LogP contribution is -2.52. The predicted molar refractivity (Wildman–Crippen MR) is 92.6 cm³/mol. The molecule has 2 aliphatic rings. The number of thiazole rings is 1. The number of benzene rings is 1. The number of anilines is 1. The number of hydrogen-bond donors (Lipinski definition) is 0. The fraction of sp³-hybridized carbons (Fsp3) is 0.444. The molecule has 1 aromatic carbocycles. The minimum atomic E-state index is 0.267. The predicted octanol–water partition coefficient (Wildman–Crippen LogP) is 3.22. The second-order valence-corrected chi connectivity index (χ2v) is 7.45. The molecule has 4 nitrogen and oxygen atoms in total. The Kier molecular flexibility index (Phi) is 3.91. The van der Waals surface area contributed by atoms with E-state index in [1.165, 1.54) is 0 Å². The van der Waals surface area contributed by atoms with E-state index in [1.54, 1.807) is 11.3 Å². The van der Waals surface area contributed by atoms with Gasteiger partial charge < -0.3 is 4.90 Å². The van der Waals surface area contributed by atoms with Crippen molar-refractivity contribution in [2.24, 2.45) is 0 Å². The molecule has 0 saturated carbocycles. The van der Waals surface area contributed by atoms with E-state index in [-0.39, 0.29) is 5.91 Å². The van der Waals surface area contributed by atoms with E-state index in [4.69, 9.17) is 0 Å². The van der Waals surface area contributed by atoms with Crippen LogP contribution in [0.15, 0.2) is 35.7 Å². The van der Waals surface area contributed by atoms with Crippen molar-refractivity contribution in [3.63, 3.8) is 0 Å². The Balaban J connectivity index is 1.55. The largest absolute Gasteiger partial charge is 0.308 e. The van der Waals surface area contributed by atoms with Gasteiger partial charge in [0.05, 0.1) is 16.7 Å². The summed E-state index contributed by atoms with van der Waals surface area (Å²) in [6.45, 7) is 4.00. The average molecular weight is 327 g/mol. The van der Waals surface area contributed by atoms with Gasteiger partial charge >= 0.3 is 0 Å². The summed E-state index contributed by atoms with van der Waals surface area (Å²) >= 11 is 1.71. The highest BCUT2D eigenvalue weighted by molar-refractivity contribution is 7.09. The van der Waals surface area contributed by atoms with E-state index in [2.05, 4.69) is 22.2 Å². The molecule has 2 saturated heterocycles. The molecular weight excluding hydrogens is 306 g/mol. The van der Waals surface area contributed by atoms with Crippen LogP contribution < -0.4 is 4.90 Å². The van der Waals surface area contributed by atoms with Gasteiger partial charge in [0.25, 0.3) is 0 Å². The van der Waals surface area contributed by atoms with Crippen LogP contribution in [-0.2, 0) is 11.3 Å². The van der Waals surface area contributed by atoms with E-state index >= 15 is 0 Å². The molecule has 1 amide bonds. The molecule has 0 unspecified atom stereocenters. The Morgan fingerprint density at radius 2 is 2.04 bits per heavy atom. The van der Waals surface area contributed by atoms with Crippen molar-refractivity contribution in [3.05, 3.63) is 46.4 Å². The van der Waals surface area contributed by atoms with Gasteiger partial charge in [-0.15, -0.1) is 11.3 Å².